The van der Waals surface area contributed by atoms with Gasteiger partial charge in [0.1, 0.15) is 0 Å². The zero-order chi connectivity index (χ0) is 15.6. The molecular formula is C15H12F3NOS. The number of nitrogens with one attached hydrogen (secondary N) is 1. The van der Waals surface area contributed by atoms with Crippen LogP contribution in [-0.2, 0) is 6.18 Å². The first kappa shape index (κ1) is 15.4. The molecule has 2 aromatic carbocycles. The minimum absolute atomic E-state index is 0.0961. The summed E-state index contributed by atoms with van der Waals surface area (Å²) >= 11 is 4.15. The molecule has 0 aromatic heterocycles. The second-order valence-corrected chi connectivity index (χ2v) is 5.05. The molecule has 0 heterocycles. The standard InChI is InChI=1S/C15H12F3NOS/c1-9-5-6-12(21)8-13(9)14(20)19-11-4-2-3-10(7-11)15(16,17)18/h2-8,21H,1H3,(H,19,20). The molecule has 0 saturated carbocycles. The summed E-state index contributed by atoms with van der Waals surface area (Å²) in [5.41, 5.74) is 0.385. The molecule has 110 valence electrons. The number of hydrogen-bond acceptors (Lipinski definition) is 2. The fraction of sp³-hybridized carbons (Fsp3) is 0.133. The lowest BCUT2D eigenvalue weighted by Crippen LogP contribution is -2.14. The van der Waals surface area contributed by atoms with Crippen molar-refractivity contribution in [1.82, 2.24) is 0 Å². The highest BCUT2D eigenvalue weighted by Crippen LogP contribution is 2.30. The maximum absolute atomic E-state index is 12.6. The molecule has 0 aliphatic carbocycles. The van der Waals surface area contributed by atoms with Gasteiger partial charge in [-0.3, -0.25) is 4.79 Å². The van der Waals surface area contributed by atoms with Crippen molar-refractivity contribution in [3.05, 3.63) is 59.2 Å². The Morgan fingerprint density at radius 1 is 1.14 bits per heavy atom. The molecule has 1 N–H and O–H groups in total. The van der Waals surface area contributed by atoms with E-state index in [0.717, 1.165) is 17.7 Å². The number of aryl methyl sites for hydroxylation is 1. The lowest BCUT2D eigenvalue weighted by molar-refractivity contribution is -0.137. The molecule has 2 rings (SSSR count). The molecule has 0 aliphatic heterocycles. The molecule has 2 aromatic rings. The molecule has 0 bridgehead atoms. The second kappa shape index (κ2) is 5.81. The third kappa shape index (κ3) is 3.78. The SMILES string of the molecule is Cc1ccc(S)cc1C(=O)Nc1cccc(C(F)(F)F)c1. The Morgan fingerprint density at radius 2 is 1.86 bits per heavy atom. The smallest absolute Gasteiger partial charge is 0.322 e. The summed E-state index contributed by atoms with van der Waals surface area (Å²) in [6.45, 7) is 1.74. The Hall–Kier alpha value is -1.95. The van der Waals surface area contributed by atoms with Gasteiger partial charge in [0.05, 0.1) is 5.56 Å². The molecule has 21 heavy (non-hydrogen) atoms. The number of alkyl halides is 3. The number of hydrogen-bond donors (Lipinski definition) is 2. The first-order chi connectivity index (χ1) is 9.77. The molecule has 0 aliphatic rings. The Morgan fingerprint density at radius 3 is 2.52 bits per heavy atom. The highest BCUT2D eigenvalue weighted by Gasteiger charge is 2.30. The first-order valence-corrected chi connectivity index (χ1v) is 6.50. The van der Waals surface area contributed by atoms with Crippen LogP contribution < -0.4 is 5.32 Å². The molecular weight excluding hydrogens is 299 g/mol. The summed E-state index contributed by atoms with van der Waals surface area (Å²) in [4.78, 5) is 12.7. The summed E-state index contributed by atoms with van der Waals surface area (Å²) in [5.74, 6) is -0.470. The van der Waals surface area contributed by atoms with Gasteiger partial charge < -0.3 is 5.32 Å². The minimum Gasteiger partial charge on any atom is -0.322 e. The Balaban J connectivity index is 2.26. The molecule has 0 atom stereocenters. The summed E-state index contributed by atoms with van der Waals surface area (Å²) < 4.78 is 37.9. The van der Waals surface area contributed by atoms with Gasteiger partial charge in [-0.2, -0.15) is 13.2 Å². The number of anilines is 1. The number of carbonyl (C=O) groups is 1. The van der Waals surface area contributed by atoms with Crippen molar-refractivity contribution in [2.45, 2.75) is 18.0 Å². The number of carbonyl (C=O) groups excluding carboxylic acids is 1. The number of rotatable bonds is 2. The maximum Gasteiger partial charge on any atom is 0.416 e. The number of thiol groups is 1. The van der Waals surface area contributed by atoms with Gasteiger partial charge in [-0.25, -0.2) is 0 Å². The zero-order valence-corrected chi connectivity index (χ0v) is 11.9. The average molecular weight is 311 g/mol. The van der Waals surface area contributed by atoms with Crippen LogP contribution >= 0.6 is 12.6 Å². The van der Waals surface area contributed by atoms with Crippen molar-refractivity contribution in [2.24, 2.45) is 0 Å². The monoisotopic (exact) mass is 311 g/mol. The van der Waals surface area contributed by atoms with Crippen LogP contribution in [0.4, 0.5) is 18.9 Å². The van der Waals surface area contributed by atoms with Gasteiger partial charge in [0.15, 0.2) is 0 Å². The van der Waals surface area contributed by atoms with E-state index in [4.69, 9.17) is 0 Å². The first-order valence-electron chi connectivity index (χ1n) is 6.05. The van der Waals surface area contributed by atoms with Crippen molar-refractivity contribution in [3.63, 3.8) is 0 Å². The summed E-state index contributed by atoms with van der Waals surface area (Å²) in [6, 6.07) is 9.55. The summed E-state index contributed by atoms with van der Waals surface area (Å²) in [6.07, 6.45) is -4.44. The number of halogens is 3. The summed E-state index contributed by atoms with van der Waals surface area (Å²) in [7, 11) is 0. The van der Waals surface area contributed by atoms with Crippen LogP contribution in [0.2, 0.25) is 0 Å². The summed E-state index contributed by atoms with van der Waals surface area (Å²) in [5, 5.41) is 2.47. The number of amides is 1. The topological polar surface area (TPSA) is 29.1 Å². The fourth-order valence-corrected chi connectivity index (χ4v) is 2.03. The van der Waals surface area contributed by atoms with E-state index in [0.29, 0.717) is 10.5 Å². The van der Waals surface area contributed by atoms with Crippen molar-refractivity contribution in [2.75, 3.05) is 5.32 Å². The van der Waals surface area contributed by atoms with Crippen LogP contribution in [0.1, 0.15) is 21.5 Å². The fourth-order valence-electron chi connectivity index (χ4n) is 1.83. The number of benzene rings is 2. The van der Waals surface area contributed by atoms with E-state index in [1.807, 2.05) is 0 Å². The predicted molar refractivity (Wildman–Crippen MR) is 77.8 cm³/mol. The third-order valence-electron chi connectivity index (χ3n) is 2.91. The van der Waals surface area contributed by atoms with Gasteiger partial charge in [0.2, 0.25) is 0 Å². The van der Waals surface area contributed by atoms with Crippen LogP contribution in [0.15, 0.2) is 47.4 Å². The van der Waals surface area contributed by atoms with Crippen molar-refractivity contribution < 1.29 is 18.0 Å². The van der Waals surface area contributed by atoms with Gasteiger partial charge in [-0.15, -0.1) is 12.6 Å². The molecule has 0 fully saturated rings. The van der Waals surface area contributed by atoms with Crippen molar-refractivity contribution >= 4 is 24.2 Å². The molecule has 2 nitrogen and oxygen atoms in total. The van der Waals surface area contributed by atoms with Crippen molar-refractivity contribution in [1.29, 1.82) is 0 Å². The van der Waals surface area contributed by atoms with E-state index in [9.17, 15) is 18.0 Å². The molecule has 0 radical (unpaired) electrons. The lowest BCUT2D eigenvalue weighted by atomic mass is 10.1. The lowest BCUT2D eigenvalue weighted by Gasteiger charge is -2.11. The van der Waals surface area contributed by atoms with E-state index in [1.165, 1.54) is 12.1 Å². The Bertz CT molecular complexity index is 683. The minimum atomic E-state index is -4.44. The third-order valence-corrected chi connectivity index (χ3v) is 3.19. The van der Waals surface area contributed by atoms with Gasteiger partial charge in [0.25, 0.3) is 5.91 Å². The highest BCUT2D eigenvalue weighted by atomic mass is 32.1. The predicted octanol–water partition coefficient (Wildman–Crippen LogP) is 4.55. The van der Waals surface area contributed by atoms with Gasteiger partial charge in [-0.1, -0.05) is 12.1 Å². The largest absolute Gasteiger partial charge is 0.416 e. The zero-order valence-electron chi connectivity index (χ0n) is 11.0. The normalized spacial score (nSPS) is 11.3. The highest BCUT2D eigenvalue weighted by molar-refractivity contribution is 7.80. The average Bonchev–Trinajstić information content (AvgIpc) is 2.41. The van der Waals surface area contributed by atoms with Gasteiger partial charge in [0, 0.05) is 16.1 Å². The quantitative estimate of drug-likeness (QED) is 0.783. The van der Waals surface area contributed by atoms with E-state index in [2.05, 4.69) is 17.9 Å². The van der Waals surface area contributed by atoms with E-state index in [-0.39, 0.29) is 5.69 Å². The van der Waals surface area contributed by atoms with E-state index in [1.54, 1.807) is 25.1 Å². The molecule has 1 amide bonds. The van der Waals surface area contributed by atoms with Gasteiger partial charge >= 0.3 is 6.18 Å². The maximum atomic E-state index is 12.6. The van der Waals surface area contributed by atoms with E-state index >= 15 is 0 Å². The second-order valence-electron chi connectivity index (χ2n) is 4.53. The van der Waals surface area contributed by atoms with Crippen LogP contribution in [0.25, 0.3) is 0 Å². The molecule has 0 unspecified atom stereocenters. The molecule has 0 saturated heterocycles. The molecule has 6 heteroatoms. The Labute approximate surface area is 125 Å². The Kier molecular flexibility index (Phi) is 4.27. The van der Waals surface area contributed by atoms with Crippen LogP contribution in [-0.4, -0.2) is 5.91 Å². The van der Waals surface area contributed by atoms with E-state index < -0.39 is 17.6 Å². The van der Waals surface area contributed by atoms with Crippen LogP contribution in [0, 0.1) is 6.92 Å². The molecule has 0 spiro atoms. The van der Waals surface area contributed by atoms with Crippen LogP contribution in [0.5, 0.6) is 0 Å². The van der Waals surface area contributed by atoms with Crippen LogP contribution in [0.3, 0.4) is 0 Å². The van der Waals surface area contributed by atoms with Crippen molar-refractivity contribution in [3.8, 4) is 0 Å². The van der Waals surface area contributed by atoms with Gasteiger partial charge in [-0.05, 0) is 42.8 Å².